The van der Waals surface area contributed by atoms with Crippen LogP contribution in [0, 0.1) is 17.8 Å². The number of hydrogen-bond donors (Lipinski definition) is 1. The summed E-state index contributed by atoms with van der Waals surface area (Å²) < 4.78 is 5.07. The molecular formula is C24H30N2O3S. The van der Waals surface area contributed by atoms with Gasteiger partial charge in [0.15, 0.2) is 0 Å². The molecule has 0 spiro atoms. The number of anilines is 2. The summed E-state index contributed by atoms with van der Waals surface area (Å²) in [6, 6.07) is 9.57. The number of carbonyl (C=O) groups is 2. The number of esters is 1. The largest absolute Gasteiger partial charge is 0.465 e. The molecule has 2 aliphatic rings. The van der Waals surface area contributed by atoms with Gasteiger partial charge in [-0.3, -0.25) is 4.79 Å². The Morgan fingerprint density at radius 3 is 2.37 bits per heavy atom. The highest BCUT2D eigenvalue weighted by Gasteiger charge is 2.35. The molecule has 2 aromatic rings. The molecule has 1 amide bonds. The molecule has 1 aromatic heterocycles. The SMILES string of the molecule is COC(=O)c1sc(-c2ccc(N)cc2)cc1N(CC1CC1)C(=O)C1CCC(C)CC1. The number of amides is 1. The van der Waals surface area contributed by atoms with E-state index in [4.69, 9.17) is 10.5 Å². The zero-order valence-electron chi connectivity index (χ0n) is 17.7. The molecule has 30 heavy (non-hydrogen) atoms. The second-order valence-electron chi connectivity index (χ2n) is 8.79. The lowest BCUT2D eigenvalue weighted by Gasteiger charge is -2.31. The number of carbonyl (C=O) groups excluding carboxylic acids is 2. The summed E-state index contributed by atoms with van der Waals surface area (Å²) in [7, 11) is 1.39. The third-order valence-corrected chi connectivity index (χ3v) is 7.49. The molecule has 0 saturated heterocycles. The Bertz CT molecular complexity index is 909. The van der Waals surface area contributed by atoms with Gasteiger partial charge in [-0.2, -0.15) is 0 Å². The quantitative estimate of drug-likeness (QED) is 0.499. The van der Waals surface area contributed by atoms with E-state index in [1.165, 1.54) is 18.4 Å². The van der Waals surface area contributed by atoms with Gasteiger partial charge >= 0.3 is 5.97 Å². The lowest BCUT2D eigenvalue weighted by atomic mass is 9.82. The van der Waals surface area contributed by atoms with E-state index in [9.17, 15) is 9.59 Å². The molecule has 0 radical (unpaired) electrons. The normalized spacial score (nSPS) is 21.3. The van der Waals surface area contributed by atoms with Crippen LogP contribution >= 0.6 is 11.3 Å². The molecule has 160 valence electrons. The van der Waals surface area contributed by atoms with E-state index in [1.807, 2.05) is 35.2 Å². The minimum absolute atomic E-state index is 0.0466. The van der Waals surface area contributed by atoms with Gasteiger partial charge in [-0.25, -0.2) is 4.79 Å². The number of ether oxygens (including phenoxy) is 1. The Balaban J connectivity index is 1.70. The minimum atomic E-state index is -0.387. The number of benzene rings is 1. The van der Waals surface area contributed by atoms with Crippen LogP contribution in [0.2, 0.25) is 0 Å². The van der Waals surface area contributed by atoms with Crippen molar-refractivity contribution < 1.29 is 14.3 Å². The summed E-state index contributed by atoms with van der Waals surface area (Å²) >= 11 is 1.38. The van der Waals surface area contributed by atoms with E-state index in [-0.39, 0.29) is 17.8 Å². The molecule has 2 fully saturated rings. The van der Waals surface area contributed by atoms with Crippen molar-refractivity contribution in [1.82, 2.24) is 0 Å². The lowest BCUT2D eigenvalue weighted by molar-refractivity contribution is -0.123. The van der Waals surface area contributed by atoms with E-state index in [2.05, 4.69) is 6.92 Å². The summed E-state index contributed by atoms with van der Waals surface area (Å²) in [5, 5.41) is 0. The fraction of sp³-hybridized carbons (Fsp3) is 0.500. The molecule has 6 heteroatoms. The Hall–Kier alpha value is -2.34. The van der Waals surface area contributed by atoms with Crippen LogP contribution in [0.1, 0.15) is 55.1 Å². The number of methoxy groups -OCH3 is 1. The fourth-order valence-corrected chi connectivity index (χ4v) is 5.29. The van der Waals surface area contributed by atoms with Crippen molar-refractivity contribution in [2.45, 2.75) is 45.4 Å². The fourth-order valence-electron chi connectivity index (χ4n) is 4.20. The van der Waals surface area contributed by atoms with E-state index < -0.39 is 0 Å². The Morgan fingerprint density at radius 1 is 1.10 bits per heavy atom. The van der Waals surface area contributed by atoms with Crippen LogP contribution in [-0.4, -0.2) is 25.5 Å². The van der Waals surface area contributed by atoms with Crippen molar-refractivity contribution in [3.8, 4) is 10.4 Å². The minimum Gasteiger partial charge on any atom is -0.465 e. The molecule has 5 nitrogen and oxygen atoms in total. The molecule has 0 unspecified atom stereocenters. The summed E-state index contributed by atoms with van der Waals surface area (Å²) in [5.41, 5.74) is 8.21. The van der Waals surface area contributed by atoms with Crippen molar-refractivity contribution in [3.05, 3.63) is 35.2 Å². The molecule has 2 N–H and O–H groups in total. The van der Waals surface area contributed by atoms with Crippen LogP contribution in [-0.2, 0) is 9.53 Å². The topological polar surface area (TPSA) is 72.6 Å². The molecular weight excluding hydrogens is 396 g/mol. The van der Waals surface area contributed by atoms with Crippen LogP contribution in [0.5, 0.6) is 0 Å². The van der Waals surface area contributed by atoms with Crippen molar-refractivity contribution in [3.63, 3.8) is 0 Å². The first-order valence-corrected chi connectivity index (χ1v) is 11.7. The first kappa shape index (κ1) is 20.9. The second kappa shape index (κ2) is 8.80. The van der Waals surface area contributed by atoms with Crippen LogP contribution in [0.3, 0.4) is 0 Å². The Kier molecular flexibility index (Phi) is 6.14. The average Bonchev–Trinajstić information content (AvgIpc) is 3.48. The van der Waals surface area contributed by atoms with Crippen LogP contribution in [0.25, 0.3) is 10.4 Å². The Labute approximate surface area is 182 Å². The van der Waals surface area contributed by atoms with Gasteiger partial charge in [-0.15, -0.1) is 11.3 Å². The van der Waals surface area contributed by atoms with E-state index in [0.717, 1.165) is 49.0 Å². The molecule has 0 aliphatic heterocycles. The number of nitrogens with two attached hydrogens (primary N) is 1. The molecule has 0 atom stereocenters. The third-order valence-electron chi connectivity index (χ3n) is 6.34. The van der Waals surface area contributed by atoms with E-state index in [0.29, 0.717) is 34.6 Å². The molecule has 2 saturated carbocycles. The highest BCUT2D eigenvalue weighted by Crippen LogP contribution is 2.41. The first-order valence-electron chi connectivity index (χ1n) is 10.9. The summed E-state index contributed by atoms with van der Waals surface area (Å²) in [5.74, 6) is 1.05. The van der Waals surface area contributed by atoms with Gasteiger partial charge in [-0.05, 0) is 74.1 Å². The zero-order chi connectivity index (χ0) is 21.3. The third kappa shape index (κ3) is 4.53. The van der Waals surface area contributed by atoms with Crippen LogP contribution < -0.4 is 10.6 Å². The lowest BCUT2D eigenvalue weighted by Crippen LogP contribution is -2.39. The van der Waals surface area contributed by atoms with Gasteiger partial charge in [0.2, 0.25) is 5.91 Å². The zero-order valence-corrected chi connectivity index (χ0v) is 18.5. The smallest absolute Gasteiger partial charge is 0.350 e. The molecule has 2 aliphatic carbocycles. The van der Waals surface area contributed by atoms with Crippen molar-refractivity contribution >= 4 is 34.6 Å². The van der Waals surface area contributed by atoms with Crippen molar-refractivity contribution in [1.29, 1.82) is 0 Å². The summed E-state index contributed by atoms with van der Waals surface area (Å²) in [6.07, 6.45) is 6.35. The summed E-state index contributed by atoms with van der Waals surface area (Å²) in [4.78, 5) is 29.5. The van der Waals surface area contributed by atoms with Gasteiger partial charge in [-0.1, -0.05) is 19.1 Å². The number of nitrogen functional groups attached to an aromatic ring is 1. The van der Waals surface area contributed by atoms with Gasteiger partial charge in [0.1, 0.15) is 4.88 Å². The van der Waals surface area contributed by atoms with E-state index >= 15 is 0 Å². The maximum atomic E-state index is 13.6. The highest BCUT2D eigenvalue weighted by atomic mass is 32.1. The number of thiophene rings is 1. The molecule has 0 bridgehead atoms. The molecule has 1 aromatic carbocycles. The molecule has 4 rings (SSSR count). The van der Waals surface area contributed by atoms with Crippen LogP contribution in [0.4, 0.5) is 11.4 Å². The van der Waals surface area contributed by atoms with Gasteiger partial charge in [0.05, 0.1) is 12.8 Å². The van der Waals surface area contributed by atoms with Gasteiger partial charge < -0.3 is 15.4 Å². The van der Waals surface area contributed by atoms with Gasteiger partial charge in [0, 0.05) is 23.0 Å². The van der Waals surface area contributed by atoms with E-state index in [1.54, 1.807) is 0 Å². The number of hydrogen-bond acceptors (Lipinski definition) is 5. The van der Waals surface area contributed by atoms with Crippen molar-refractivity contribution in [2.24, 2.45) is 17.8 Å². The van der Waals surface area contributed by atoms with Crippen LogP contribution in [0.15, 0.2) is 30.3 Å². The van der Waals surface area contributed by atoms with Crippen molar-refractivity contribution in [2.75, 3.05) is 24.3 Å². The standard InChI is InChI=1S/C24H30N2O3S/c1-15-3-7-18(8-4-15)23(27)26(14-16-5-6-16)20-13-21(30-22(20)24(28)29-2)17-9-11-19(25)12-10-17/h9-13,15-16,18H,3-8,14,25H2,1-2H3. The predicted octanol–water partition coefficient (Wildman–Crippen LogP) is 5.35. The Morgan fingerprint density at radius 2 is 1.77 bits per heavy atom. The summed E-state index contributed by atoms with van der Waals surface area (Å²) in [6.45, 7) is 2.95. The maximum Gasteiger partial charge on any atom is 0.350 e. The maximum absolute atomic E-state index is 13.6. The highest BCUT2D eigenvalue weighted by molar-refractivity contribution is 7.18. The molecule has 1 heterocycles. The average molecular weight is 427 g/mol. The van der Waals surface area contributed by atoms with Gasteiger partial charge in [0.25, 0.3) is 0 Å². The number of nitrogens with zero attached hydrogens (tertiary/aromatic N) is 1. The predicted molar refractivity (Wildman–Crippen MR) is 122 cm³/mol. The second-order valence-corrected chi connectivity index (χ2v) is 9.84. The first-order chi connectivity index (χ1) is 14.5. The number of rotatable bonds is 6. The monoisotopic (exact) mass is 426 g/mol.